The van der Waals surface area contributed by atoms with Gasteiger partial charge in [0, 0.05) is 19.5 Å². The normalized spacial score (nSPS) is 10.7. The lowest BCUT2D eigenvalue weighted by molar-refractivity contribution is 0.410. The van der Waals surface area contributed by atoms with Crippen molar-refractivity contribution in [3.63, 3.8) is 0 Å². The number of aromatic nitrogens is 4. The predicted octanol–water partition coefficient (Wildman–Crippen LogP) is -0.434. The molecule has 2 aromatic heterocycles. The van der Waals surface area contributed by atoms with Gasteiger partial charge in [-0.2, -0.15) is 4.98 Å². The number of hydrogen-bond donors (Lipinski definition) is 3. The van der Waals surface area contributed by atoms with Gasteiger partial charge >= 0.3 is 5.69 Å². The van der Waals surface area contributed by atoms with E-state index in [-0.39, 0.29) is 11.5 Å². The quantitative estimate of drug-likeness (QED) is 0.653. The minimum absolute atomic E-state index is 0.133. The van der Waals surface area contributed by atoms with Crippen molar-refractivity contribution in [2.24, 2.45) is 0 Å². The zero-order valence-electron chi connectivity index (χ0n) is 11.0. The molecule has 20 heavy (non-hydrogen) atoms. The van der Waals surface area contributed by atoms with Gasteiger partial charge in [0.05, 0.1) is 0 Å². The Morgan fingerprint density at radius 1 is 1.50 bits per heavy atom. The second-order valence-corrected chi connectivity index (χ2v) is 4.20. The molecular formula is C11H16N6O3. The number of hydrogen-bond acceptors (Lipinski definition) is 7. The zero-order chi connectivity index (χ0) is 14.5. The van der Waals surface area contributed by atoms with Gasteiger partial charge in [-0.3, -0.25) is 14.3 Å². The lowest BCUT2D eigenvalue weighted by Crippen LogP contribution is -2.34. The second-order valence-electron chi connectivity index (χ2n) is 4.20. The van der Waals surface area contributed by atoms with E-state index in [9.17, 15) is 9.59 Å². The Labute approximate surface area is 113 Å². The first-order valence-corrected chi connectivity index (χ1v) is 6.25. The van der Waals surface area contributed by atoms with Gasteiger partial charge in [0.2, 0.25) is 6.39 Å². The molecule has 0 fully saturated rings. The highest BCUT2D eigenvalue weighted by Gasteiger charge is 2.11. The van der Waals surface area contributed by atoms with Crippen molar-refractivity contribution in [3.05, 3.63) is 33.1 Å². The van der Waals surface area contributed by atoms with Crippen molar-refractivity contribution < 1.29 is 4.52 Å². The van der Waals surface area contributed by atoms with Gasteiger partial charge < -0.3 is 15.6 Å². The number of anilines is 2. The summed E-state index contributed by atoms with van der Waals surface area (Å²) in [5.74, 6) is 0.656. The average molecular weight is 280 g/mol. The summed E-state index contributed by atoms with van der Waals surface area (Å²) >= 11 is 0. The molecule has 2 rings (SSSR count). The van der Waals surface area contributed by atoms with Gasteiger partial charge in [-0.05, 0) is 6.42 Å². The number of nitrogens with one attached hydrogen (secondary N) is 2. The number of nitrogens with two attached hydrogens (primary N) is 1. The molecule has 0 amide bonds. The van der Waals surface area contributed by atoms with E-state index in [2.05, 4.69) is 25.0 Å². The molecule has 108 valence electrons. The summed E-state index contributed by atoms with van der Waals surface area (Å²) in [5, 5.41) is 6.55. The molecule has 0 bridgehead atoms. The van der Waals surface area contributed by atoms with Crippen LogP contribution in [0.3, 0.4) is 0 Å². The lowest BCUT2D eigenvalue weighted by atomic mass is 10.3. The Bertz CT molecular complexity index is 672. The minimum atomic E-state index is -0.534. The molecule has 4 N–H and O–H groups in total. The van der Waals surface area contributed by atoms with Gasteiger partial charge in [-0.25, -0.2) is 4.79 Å². The van der Waals surface area contributed by atoms with Crippen molar-refractivity contribution in [2.45, 2.75) is 26.3 Å². The molecule has 0 aliphatic heterocycles. The standard InChI is InChI=1S/C11H16N6O3/c1-2-5-17-9(12)8(10(18)15-11(17)19)13-4-3-7-14-6-20-16-7/h6,13H,2-5,12H2,1H3,(H,15,18,19). The van der Waals surface area contributed by atoms with E-state index < -0.39 is 11.2 Å². The molecule has 2 aromatic rings. The monoisotopic (exact) mass is 280 g/mol. The lowest BCUT2D eigenvalue weighted by Gasteiger charge is -2.12. The fraction of sp³-hybridized carbons (Fsp3) is 0.455. The molecule has 0 unspecified atom stereocenters. The van der Waals surface area contributed by atoms with Crippen molar-refractivity contribution in [2.75, 3.05) is 17.6 Å². The van der Waals surface area contributed by atoms with Crippen LogP contribution in [-0.2, 0) is 13.0 Å². The van der Waals surface area contributed by atoms with Crippen molar-refractivity contribution in [3.8, 4) is 0 Å². The molecule has 9 heteroatoms. The minimum Gasteiger partial charge on any atom is -0.383 e. The van der Waals surface area contributed by atoms with Crippen LogP contribution in [0.2, 0.25) is 0 Å². The summed E-state index contributed by atoms with van der Waals surface area (Å²) in [6, 6.07) is 0. The van der Waals surface area contributed by atoms with Crippen LogP contribution >= 0.6 is 0 Å². The van der Waals surface area contributed by atoms with E-state index >= 15 is 0 Å². The smallest absolute Gasteiger partial charge is 0.330 e. The molecule has 0 atom stereocenters. The molecule has 0 aromatic carbocycles. The first-order valence-electron chi connectivity index (χ1n) is 6.25. The molecule has 0 saturated heterocycles. The van der Waals surface area contributed by atoms with Crippen LogP contribution < -0.4 is 22.3 Å². The largest absolute Gasteiger partial charge is 0.383 e. The predicted molar refractivity (Wildman–Crippen MR) is 72.5 cm³/mol. The van der Waals surface area contributed by atoms with Gasteiger partial charge in [0.25, 0.3) is 5.56 Å². The zero-order valence-corrected chi connectivity index (χ0v) is 11.0. The van der Waals surface area contributed by atoms with Crippen LogP contribution in [0.15, 0.2) is 20.5 Å². The molecule has 0 aliphatic carbocycles. The Morgan fingerprint density at radius 3 is 2.95 bits per heavy atom. The highest BCUT2D eigenvalue weighted by atomic mass is 16.5. The number of nitrogen functional groups attached to an aromatic ring is 1. The average Bonchev–Trinajstić information content (AvgIpc) is 2.91. The van der Waals surface area contributed by atoms with Crippen LogP contribution in [-0.4, -0.2) is 26.2 Å². The van der Waals surface area contributed by atoms with Gasteiger partial charge in [-0.15, -0.1) is 0 Å². The van der Waals surface area contributed by atoms with E-state index in [1.807, 2.05) is 6.92 Å². The van der Waals surface area contributed by atoms with Crippen LogP contribution in [0, 0.1) is 0 Å². The highest BCUT2D eigenvalue weighted by Crippen LogP contribution is 2.10. The third kappa shape index (κ3) is 2.87. The van der Waals surface area contributed by atoms with Crippen LogP contribution in [0.25, 0.3) is 0 Å². The summed E-state index contributed by atoms with van der Waals surface area (Å²) < 4.78 is 5.94. The molecule has 0 saturated carbocycles. The Hall–Kier alpha value is -2.58. The van der Waals surface area contributed by atoms with E-state index in [0.717, 1.165) is 6.42 Å². The van der Waals surface area contributed by atoms with Crippen molar-refractivity contribution >= 4 is 11.5 Å². The summed E-state index contributed by atoms with van der Waals surface area (Å²) in [6.07, 6.45) is 2.44. The number of nitrogens with zero attached hydrogens (tertiary/aromatic N) is 3. The maximum absolute atomic E-state index is 11.7. The summed E-state index contributed by atoms with van der Waals surface area (Å²) in [6.45, 7) is 2.76. The van der Waals surface area contributed by atoms with E-state index in [1.54, 1.807) is 0 Å². The summed E-state index contributed by atoms with van der Waals surface area (Å²) in [7, 11) is 0. The second kappa shape index (κ2) is 6.04. The third-order valence-electron chi connectivity index (χ3n) is 2.74. The maximum Gasteiger partial charge on any atom is 0.330 e. The number of H-pyrrole nitrogens is 1. The first kappa shape index (κ1) is 13.8. The van der Waals surface area contributed by atoms with E-state index in [0.29, 0.717) is 25.3 Å². The van der Waals surface area contributed by atoms with E-state index in [1.165, 1.54) is 11.0 Å². The summed E-state index contributed by atoms with van der Waals surface area (Å²) in [5.41, 5.74) is 5.01. The van der Waals surface area contributed by atoms with Crippen molar-refractivity contribution in [1.29, 1.82) is 0 Å². The van der Waals surface area contributed by atoms with Crippen LogP contribution in [0.5, 0.6) is 0 Å². The number of aromatic amines is 1. The SMILES string of the molecule is CCCn1c(N)c(NCCc2ncon2)c(=O)[nH]c1=O. The topological polar surface area (TPSA) is 132 Å². The highest BCUT2D eigenvalue weighted by molar-refractivity contribution is 5.60. The molecule has 0 spiro atoms. The van der Waals surface area contributed by atoms with Crippen LogP contribution in [0.1, 0.15) is 19.2 Å². The number of rotatable bonds is 6. The third-order valence-corrected chi connectivity index (χ3v) is 2.74. The molecule has 9 nitrogen and oxygen atoms in total. The Balaban J connectivity index is 2.16. The fourth-order valence-corrected chi connectivity index (χ4v) is 1.81. The van der Waals surface area contributed by atoms with E-state index in [4.69, 9.17) is 5.73 Å². The fourth-order valence-electron chi connectivity index (χ4n) is 1.81. The Kier molecular flexibility index (Phi) is 4.18. The summed E-state index contributed by atoms with van der Waals surface area (Å²) in [4.78, 5) is 29.5. The van der Waals surface area contributed by atoms with Crippen LogP contribution in [0.4, 0.5) is 11.5 Å². The molecule has 2 heterocycles. The molecule has 0 aliphatic rings. The molecule has 0 radical (unpaired) electrons. The molecular weight excluding hydrogens is 264 g/mol. The van der Waals surface area contributed by atoms with Gasteiger partial charge in [0.15, 0.2) is 5.82 Å². The van der Waals surface area contributed by atoms with Gasteiger partial charge in [0.1, 0.15) is 11.5 Å². The Morgan fingerprint density at radius 2 is 2.30 bits per heavy atom. The first-order chi connectivity index (χ1) is 9.63. The van der Waals surface area contributed by atoms with Crippen molar-refractivity contribution in [1.82, 2.24) is 19.7 Å². The van der Waals surface area contributed by atoms with Gasteiger partial charge in [-0.1, -0.05) is 12.1 Å². The maximum atomic E-state index is 11.7.